The van der Waals surface area contributed by atoms with Gasteiger partial charge in [-0.2, -0.15) is 0 Å². The fraction of sp³-hybridized carbons (Fsp3) is 0.917. The van der Waals surface area contributed by atoms with Crippen LogP contribution in [0.2, 0.25) is 0 Å². The van der Waals surface area contributed by atoms with Crippen molar-refractivity contribution in [2.45, 2.75) is 27.7 Å². The molecule has 0 radical (unpaired) electrons. The smallest absolute Gasteiger partial charge is 0.309 e. The summed E-state index contributed by atoms with van der Waals surface area (Å²) in [5, 5.41) is 3.28. The second kappa shape index (κ2) is 9.60. The Hall–Kier alpha value is -0.610. The molecule has 96 valence electrons. The first kappa shape index (κ1) is 15.4. The molecule has 0 aromatic rings. The van der Waals surface area contributed by atoms with Crippen LogP contribution in [0, 0.1) is 5.92 Å². The van der Waals surface area contributed by atoms with Crippen LogP contribution in [-0.4, -0.2) is 50.2 Å². The molecule has 0 saturated carbocycles. The number of esters is 1. The molecule has 0 fully saturated rings. The van der Waals surface area contributed by atoms with Crippen molar-refractivity contribution in [3.05, 3.63) is 0 Å². The Kier molecular flexibility index (Phi) is 9.24. The van der Waals surface area contributed by atoms with Gasteiger partial charge in [-0.3, -0.25) is 4.79 Å². The molecule has 0 aliphatic carbocycles. The molecule has 4 nitrogen and oxygen atoms in total. The predicted molar refractivity (Wildman–Crippen MR) is 66.5 cm³/mol. The van der Waals surface area contributed by atoms with E-state index in [1.165, 1.54) is 0 Å². The minimum absolute atomic E-state index is 0.0587. The number of carbonyl (C=O) groups is 1. The van der Waals surface area contributed by atoms with E-state index in [9.17, 15) is 4.79 Å². The van der Waals surface area contributed by atoms with Crippen molar-refractivity contribution in [1.82, 2.24) is 10.2 Å². The van der Waals surface area contributed by atoms with E-state index in [4.69, 9.17) is 4.74 Å². The fourth-order valence-electron chi connectivity index (χ4n) is 1.46. The molecule has 0 aromatic carbocycles. The lowest BCUT2D eigenvalue weighted by molar-refractivity contribution is -0.147. The zero-order valence-corrected chi connectivity index (χ0v) is 11.1. The van der Waals surface area contributed by atoms with Crippen LogP contribution in [0.5, 0.6) is 0 Å². The molecule has 1 N–H and O–H groups in total. The molecular formula is C12H26N2O2. The van der Waals surface area contributed by atoms with Crippen LogP contribution in [0.25, 0.3) is 0 Å². The van der Waals surface area contributed by atoms with Crippen LogP contribution in [0.1, 0.15) is 27.7 Å². The Morgan fingerprint density at radius 3 is 2.44 bits per heavy atom. The normalized spacial score (nSPS) is 12.8. The van der Waals surface area contributed by atoms with Gasteiger partial charge in [-0.25, -0.2) is 0 Å². The molecule has 16 heavy (non-hydrogen) atoms. The molecule has 0 saturated heterocycles. The summed E-state index contributed by atoms with van der Waals surface area (Å²) in [4.78, 5) is 13.7. The number of hydrogen-bond acceptors (Lipinski definition) is 4. The van der Waals surface area contributed by atoms with Crippen LogP contribution < -0.4 is 5.32 Å². The van der Waals surface area contributed by atoms with Crippen molar-refractivity contribution < 1.29 is 9.53 Å². The summed E-state index contributed by atoms with van der Waals surface area (Å²) < 4.78 is 4.93. The highest BCUT2D eigenvalue weighted by atomic mass is 16.5. The standard InChI is InChI=1S/C12H26N2O2/c1-5-14(6-2)9-8-13-10-11(4)12(15)16-7-3/h11,13H,5-10H2,1-4H3. The van der Waals surface area contributed by atoms with Crippen LogP contribution in [-0.2, 0) is 9.53 Å². The third-order valence-corrected chi connectivity index (χ3v) is 2.64. The summed E-state index contributed by atoms with van der Waals surface area (Å²) in [7, 11) is 0. The lowest BCUT2D eigenvalue weighted by Gasteiger charge is -2.18. The average molecular weight is 230 g/mol. The van der Waals surface area contributed by atoms with Gasteiger partial charge >= 0.3 is 5.97 Å². The van der Waals surface area contributed by atoms with Crippen molar-refractivity contribution in [1.29, 1.82) is 0 Å². The summed E-state index contributed by atoms with van der Waals surface area (Å²) in [5.41, 5.74) is 0. The van der Waals surface area contributed by atoms with Gasteiger partial charge in [0.15, 0.2) is 0 Å². The summed E-state index contributed by atoms with van der Waals surface area (Å²) in [6.45, 7) is 13.3. The number of hydrogen-bond donors (Lipinski definition) is 1. The number of likely N-dealkylation sites (N-methyl/N-ethyl adjacent to an activating group) is 1. The number of nitrogens with zero attached hydrogens (tertiary/aromatic N) is 1. The van der Waals surface area contributed by atoms with Crippen molar-refractivity contribution in [3.63, 3.8) is 0 Å². The molecule has 1 atom stereocenters. The second-order valence-electron chi connectivity index (χ2n) is 3.88. The van der Waals surface area contributed by atoms with E-state index in [2.05, 4.69) is 24.1 Å². The highest BCUT2D eigenvalue weighted by Crippen LogP contribution is 1.96. The van der Waals surface area contributed by atoms with Crippen molar-refractivity contribution >= 4 is 5.97 Å². The number of ether oxygens (including phenoxy) is 1. The first-order valence-corrected chi connectivity index (χ1v) is 6.25. The second-order valence-corrected chi connectivity index (χ2v) is 3.88. The van der Waals surface area contributed by atoms with Gasteiger partial charge in [0, 0.05) is 19.6 Å². The summed E-state index contributed by atoms with van der Waals surface area (Å²) in [5.74, 6) is -0.172. The van der Waals surface area contributed by atoms with Crippen molar-refractivity contribution in [2.75, 3.05) is 39.3 Å². The first-order valence-electron chi connectivity index (χ1n) is 6.25. The number of rotatable bonds is 9. The average Bonchev–Trinajstić information content (AvgIpc) is 2.29. The maximum Gasteiger partial charge on any atom is 0.309 e. The Balaban J connectivity index is 3.54. The Morgan fingerprint density at radius 1 is 1.31 bits per heavy atom. The minimum Gasteiger partial charge on any atom is -0.466 e. The lowest BCUT2D eigenvalue weighted by Crippen LogP contribution is -2.35. The molecule has 0 aliphatic rings. The highest BCUT2D eigenvalue weighted by Gasteiger charge is 2.12. The third kappa shape index (κ3) is 6.80. The van der Waals surface area contributed by atoms with E-state index < -0.39 is 0 Å². The SMILES string of the molecule is CCOC(=O)C(C)CNCCN(CC)CC. The summed E-state index contributed by atoms with van der Waals surface area (Å²) in [6, 6.07) is 0. The molecule has 0 amide bonds. The van der Waals surface area contributed by atoms with Crippen LogP contribution in [0.4, 0.5) is 0 Å². The first-order chi connectivity index (χ1) is 7.65. The van der Waals surface area contributed by atoms with Crippen LogP contribution >= 0.6 is 0 Å². The van der Waals surface area contributed by atoms with E-state index >= 15 is 0 Å². The van der Waals surface area contributed by atoms with E-state index in [-0.39, 0.29) is 11.9 Å². The molecule has 0 spiro atoms. The Morgan fingerprint density at radius 2 is 1.94 bits per heavy atom. The molecule has 4 heteroatoms. The molecule has 0 rings (SSSR count). The van der Waals surface area contributed by atoms with E-state index in [1.54, 1.807) is 0 Å². The van der Waals surface area contributed by atoms with Gasteiger partial charge in [-0.05, 0) is 20.0 Å². The van der Waals surface area contributed by atoms with Gasteiger partial charge in [0.25, 0.3) is 0 Å². The minimum atomic E-state index is -0.113. The van der Waals surface area contributed by atoms with Gasteiger partial charge in [0.1, 0.15) is 0 Å². The summed E-state index contributed by atoms with van der Waals surface area (Å²) >= 11 is 0. The topological polar surface area (TPSA) is 41.6 Å². The molecule has 1 unspecified atom stereocenters. The number of nitrogens with one attached hydrogen (secondary N) is 1. The van der Waals surface area contributed by atoms with Crippen LogP contribution in [0.15, 0.2) is 0 Å². The van der Waals surface area contributed by atoms with E-state index in [0.29, 0.717) is 13.2 Å². The molecule has 0 bridgehead atoms. The largest absolute Gasteiger partial charge is 0.466 e. The Labute approximate surface area is 99.3 Å². The zero-order valence-electron chi connectivity index (χ0n) is 11.1. The monoisotopic (exact) mass is 230 g/mol. The maximum atomic E-state index is 11.3. The third-order valence-electron chi connectivity index (χ3n) is 2.64. The van der Waals surface area contributed by atoms with E-state index in [1.807, 2.05) is 13.8 Å². The number of carbonyl (C=O) groups excluding carboxylic acids is 1. The van der Waals surface area contributed by atoms with Gasteiger partial charge in [0.05, 0.1) is 12.5 Å². The predicted octanol–water partition coefficient (Wildman–Crippen LogP) is 1.12. The van der Waals surface area contributed by atoms with Crippen molar-refractivity contribution in [3.8, 4) is 0 Å². The maximum absolute atomic E-state index is 11.3. The van der Waals surface area contributed by atoms with Gasteiger partial charge in [-0.1, -0.05) is 20.8 Å². The Bertz CT molecular complexity index is 182. The van der Waals surface area contributed by atoms with E-state index in [0.717, 1.165) is 26.2 Å². The van der Waals surface area contributed by atoms with Gasteiger partial charge in [0.2, 0.25) is 0 Å². The molecule has 0 heterocycles. The molecule has 0 aliphatic heterocycles. The molecular weight excluding hydrogens is 204 g/mol. The quantitative estimate of drug-likeness (QED) is 0.476. The van der Waals surface area contributed by atoms with Gasteiger partial charge in [-0.15, -0.1) is 0 Å². The van der Waals surface area contributed by atoms with Crippen LogP contribution in [0.3, 0.4) is 0 Å². The van der Waals surface area contributed by atoms with Gasteiger partial charge < -0.3 is 15.0 Å². The molecule has 0 aromatic heterocycles. The zero-order chi connectivity index (χ0) is 12.4. The highest BCUT2D eigenvalue weighted by molar-refractivity contribution is 5.72. The fourth-order valence-corrected chi connectivity index (χ4v) is 1.46. The van der Waals surface area contributed by atoms with Crippen molar-refractivity contribution in [2.24, 2.45) is 5.92 Å². The lowest BCUT2D eigenvalue weighted by atomic mass is 10.2. The summed E-state index contributed by atoms with van der Waals surface area (Å²) in [6.07, 6.45) is 0.